The summed E-state index contributed by atoms with van der Waals surface area (Å²) in [5, 5.41) is 0. The molecule has 1 aromatic carbocycles. The number of imidazole rings is 1. The Kier molecular flexibility index (Phi) is 3.85. The first kappa shape index (κ1) is 12.5. The van der Waals surface area contributed by atoms with Crippen molar-refractivity contribution in [2.24, 2.45) is 0 Å². The Bertz CT molecular complexity index is 585. The molecule has 0 fully saturated rings. The van der Waals surface area contributed by atoms with Gasteiger partial charge in [0.15, 0.2) is 0 Å². The standard InChI is InChI=1S/C14H13N3.ClH/c1-2-5-12(6-3-1)17-10-4-7-13(17)11-14-15-8-9-16-14;/h1-10H,11H2,(H,15,16);1H. The van der Waals surface area contributed by atoms with E-state index in [9.17, 15) is 0 Å². The number of benzene rings is 1. The number of nitrogens with one attached hydrogen (secondary N) is 1. The van der Waals surface area contributed by atoms with E-state index in [0.717, 1.165) is 12.2 Å². The van der Waals surface area contributed by atoms with Gasteiger partial charge in [0, 0.05) is 36.4 Å². The number of aromatic nitrogens is 3. The maximum atomic E-state index is 4.26. The number of aromatic amines is 1. The summed E-state index contributed by atoms with van der Waals surface area (Å²) in [6.07, 6.45) is 6.53. The first-order valence-corrected chi connectivity index (χ1v) is 5.63. The Hall–Kier alpha value is -2.00. The van der Waals surface area contributed by atoms with Crippen molar-refractivity contribution in [1.82, 2.24) is 14.5 Å². The first-order valence-electron chi connectivity index (χ1n) is 5.63. The molecule has 4 heteroatoms. The Morgan fingerprint density at radius 3 is 2.61 bits per heavy atom. The fraction of sp³-hybridized carbons (Fsp3) is 0.0714. The smallest absolute Gasteiger partial charge is 0.111 e. The van der Waals surface area contributed by atoms with E-state index in [-0.39, 0.29) is 12.4 Å². The van der Waals surface area contributed by atoms with E-state index in [4.69, 9.17) is 0 Å². The van der Waals surface area contributed by atoms with Gasteiger partial charge >= 0.3 is 0 Å². The van der Waals surface area contributed by atoms with E-state index >= 15 is 0 Å². The molecule has 1 N–H and O–H groups in total. The third kappa shape index (κ3) is 2.46. The van der Waals surface area contributed by atoms with Gasteiger partial charge in [0.25, 0.3) is 0 Å². The van der Waals surface area contributed by atoms with Crippen LogP contribution in [0.5, 0.6) is 0 Å². The van der Waals surface area contributed by atoms with Crippen LogP contribution in [0, 0.1) is 0 Å². The van der Waals surface area contributed by atoms with Crippen molar-refractivity contribution in [2.75, 3.05) is 0 Å². The van der Waals surface area contributed by atoms with Crippen molar-refractivity contribution in [2.45, 2.75) is 6.42 Å². The minimum atomic E-state index is 0. The van der Waals surface area contributed by atoms with Crippen LogP contribution in [0.25, 0.3) is 5.69 Å². The molecular weight excluding hydrogens is 246 g/mol. The Balaban J connectivity index is 0.00000120. The normalized spacial score (nSPS) is 10.0. The molecule has 3 nitrogen and oxygen atoms in total. The first-order chi connectivity index (χ1) is 8.43. The SMILES string of the molecule is Cl.c1ccc(-n2cccc2Cc2ncc[nH]2)cc1. The highest BCUT2D eigenvalue weighted by atomic mass is 35.5. The van der Waals surface area contributed by atoms with Crippen LogP contribution >= 0.6 is 12.4 Å². The monoisotopic (exact) mass is 259 g/mol. The van der Waals surface area contributed by atoms with E-state index in [2.05, 4.69) is 45.0 Å². The number of halogens is 1. The summed E-state index contributed by atoms with van der Waals surface area (Å²) in [6.45, 7) is 0. The fourth-order valence-corrected chi connectivity index (χ4v) is 1.97. The van der Waals surface area contributed by atoms with Crippen LogP contribution in [0.4, 0.5) is 0 Å². The van der Waals surface area contributed by atoms with Crippen LogP contribution in [0.2, 0.25) is 0 Å². The lowest BCUT2D eigenvalue weighted by atomic mass is 10.2. The molecule has 3 rings (SSSR count). The zero-order chi connectivity index (χ0) is 11.5. The van der Waals surface area contributed by atoms with E-state index in [1.807, 2.05) is 24.4 Å². The van der Waals surface area contributed by atoms with Gasteiger partial charge < -0.3 is 9.55 Å². The van der Waals surface area contributed by atoms with Crippen LogP contribution in [0.3, 0.4) is 0 Å². The summed E-state index contributed by atoms with van der Waals surface area (Å²) in [6, 6.07) is 14.5. The van der Waals surface area contributed by atoms with Gasteiger partial charge in [-0.1, -0.05) is 18.2 Å². The van der Waals surface area contributed by atoms with E-state index in [0.29, 0.717) is 0 Å². The number of hydrogen-bond donors (Lipinski definition) is 1. The third-order valence-corrected chi connectivity index (χ3v) is 2.77. The molecule has 92 valence electrons. The molecule has 0 saturated carbocycles. The Labute approximate surface area is 112 Å². The highest BCUT2D eigenvalue weighted by molar-refractivity contribution is 5.85. The predicted octanol–water partition coefficient (Wildman–Crippen LogP) is 3.21. The van der Waals surface area contributed by atoms with Gasteiger partial charge in [-0.2, -0.15) is 0 Å². The predicted molar refractivity (Wildman–Crippen MR) is 74.4 cm³/mol. The van der Waals surface area contributed by atoms with Crippen molar-refractivity contribution in [3.05, 3.63) is 72.6 Å². The van der Waals surface area contributed by atoms with Gasteiger partial charge in [-0.15, -0.1) is 12.4 Å². The number of H-pyrrole nitrogens is 1. The molecule has 0 bridgehead atoms. The summed E-state index contributed by atoms with van der Waals surface area (Å²) in [5.41, 5.74) is 2.41. The molecule has 0 aliphatic carbocycles. The lowest BCUT2D eigenvalue weighted by Gasteiger charge is -2.07. The van der Waals surface area contributed by atoms with Gasteiger partial charge in [-0.25, -0.2) is 4.98 Å². The van der Waals surface area contributed by atoms with E-state index in [1.165, 1.54) is 11.4 Å². The summed E-state index contributed by atoms with van der Waals surface area (Å²) in [7, 11) is 0. The average molecular weight is 260 g/mol. The van der Waals surface area contributed by atoms with Gasteiger partial charge in [-0.3, -0.25) is 0 Å². The number of para-hydroxylation sites is 1. The van der Waals surface area contributed by atoms with Crippen LogP contribution in [-0.4, -0.2) is 14.5 Å². The average Bonchev–Trinajstić information content (AvgIpc) is 3.02. The van der Waals surface area contributed by atoms with Crippen LogP contribution in [0.15, 0.2) is 61.1 Å². The van der Waals surface area contributed by atoms with Crippen LogP contribution < -0.4 is 0 Å². The Morgan fingerprint density at radius 1 is 1.06 bits per heavy atom. The Morgan fingerprint density at radius 2 is 1.89 bits per heavy atom. The molecule has 18 heavy (non-hydrogen) atoms. The summed E-state index contributed by atoms with van der Waals surface area (Å²) in [4.78, 5) is 7.39. The van der Waals surface area contributed by atoms with Gasteiger partial charge in [0.1, 0.15) is 5.82 Å². The number of nitrogens with zero attached hydrogens (tertiary/aromatic N) is 2. The molecule has 2 heterocycles. The summed E-state index contributed by atoms with van der Waals surface area (Å²) >= 11 is 0. The van der Waals surface area contributed by atoms with Crippen molar-refractivity contribution in [1.29, 1.82) is 0 Å². The molecule has 0 radical (unpaired) electrons. The molecule has 2 aromatic heterocycles. The van der Waals surface area contributed by atoms with Crippen molar-refractivity contribution < 1.29 is 0 Å². The molecule has 0 saturated heterocycles. The minimum Gasteiger partial charge on any atom is -0.348 e. The van der Waals surface area contributed by atoms with Gasteiger partial charge in [0.2, 0.25) is 0 Å². The quantitative estimate of drug-likeness (QED) is 0.770. The van der Waals surface area contributed by atoms with E-state index in [1.54, 1.807) is 6.20 Å². The van der Waals surface area contributed by atoms with Gasteiger partial charge in [0.05, 0.1) is 0 Å². The number of hydrogen-bond acceptors (Lipinski definition) is 1. The zero-order valence-corrected chi connectivity index (χ0v) is 10.6. The maximum absolute atomic E-state index is 4.26. The van der Waals surface area contributed by atoms with Crippen molar-refractivity contribution in [3.63, 3.8) is 0 Å². The van der Waals surface area contributed by atoms with Crippen LogP contribution in [0.1, 0.15) is 11.5 Å². The molecule has 3 aromatic rings. The molecule has 0 amide bonds. The lowest BCUT2D eigenvalue weighted by Crippen LogP contribution is -2.00. The molecule has 0 atom stereocenters. The van der Waals surface area contributed by atoms with E-state index < -0.39 is 0 Å². The minimum absolute atomic E-state index is 0. The molecular formula is C14H14ClN3. The largest absolute Gasteiger partial charge is 0.348 e. The topological polar surface area (TPSA) is 33.6 Å². The third-order valence-electron chi connectivity index (χ3n) is 2.77. The second kappa shape index (κ2) is 5.56. The zero-order valence-electron chi connectivity index (χ0n) is 9.78. The molecule has 0 spiro atoms. The number of rotatable bonds is 3. The lowest BCUT2D eigenvalue weighted by molar-refractivity contribution is 0.914. The van der Waals surface area contributed by atoms with Crippen LogP contribution in [-0.2, 0) is 6.42 Å². The molecule has 0 aliphatic heterocycles. The summed E-state index contributed by atoms with van der Waals surface area (Å²) in [5.74, 6) is 0.987. The second-order valence-corrected chi connectivity index (χ2v) is 3.92. The molecule has 0 aliphatic rings. The van der Waals surface area contributed by atoms with Gasteiger partial charge in [-0.05, 0) is 24.3 Å². The maximum Gasteiger partial charge on any atom is 0.111 e. The highest BCUT2D eigenvalue weighted by Crippen LogP contribution is 2.14. The molecule has 0 unspecified atom stereocenters. The van der Waals surface area contributed by atoms with Crippen molar-refractivity contribution in [3.8, 4) is 5.69 Å². The fourth-order valence-electron chi connectivity index (χ4n) is 1.97. The van der Waals surface area contributed by atoms with Crippen molar-refractivity contribution >= 4 is 12.4 Å². The second-order valence-electron chi connectivity index (χ2n) is 3.92. The summed E-state index contributed by atoms with van der Waals surface area (Å²) < 4.78 is 2.18. The highest BCUT2D eigenvalue weighted by Gasteiger charge is 2.04.